The van der Waals surface area contributed by atoms with Gasteiger partial charge in [-0.1, -0.05) is 25.3 Å². The van der Waals surface area contributed by atoms with Crippen LogP contribution in [0.2, 0.25) is 0 Å². The second-order valence-corrected chi connectivity index (χ2v) is 10.6. The summed E-state index contributed by atoms with van der Waals surface area (Å²) in [5.41, 5.74) is 1.83. The van der Waals surface area contributed by atoms with E-state index in [1.54, 1.807) is 25.3 Å². The van der Waals surface area contributed by atoms with Crippen molar-refractivity contribution in [2.24, 2.45) is 0 Å². The molecule has 9 heteroatoms. The third-order valence-corrected chi connectivity index (χ3v) is 8.33. The molecule has 0 spiro atoms. The molecule has 1 aliphatic heterocycles. The molecule has 3 heterocycles. The molecule has 5 rings (SSSR count). The maximum absolute atomic E-state index is 13.5. The zero-order valence-corrected chi connectivity index (χ0v) is 21.5. The Kier molecular flexibility index (Phi) is 6.80. The molecule has 0 atom stereocenters. The molecule has 0 bridgehead atoms. The molecular weight excluding hydrogens is 462 g/mol. The zero-order chi connectivity index (χ0) is 24.5. The molecule has 0 unspecified atom stereocenters. The number of aryl methyl sites for hydroxylation is 1. The van der Waals surface area contributed by atoms with E-state index >= 15 is 0 Å². The van der Waals surface area contributed by atoms with Crippen LogP contribution in [0.3, 0.4) is 0 Å². The fourth-order valence-electron chi connectivity index (χ4n) is 5.13. The number of methoxy groups -OCH3 is 1. The number of rotatable bonds is 5. The van der Waals surface area contributed by atoms with E-state index < -0.39 is 0 Å². The zero-order valence-electron chi connectivity index (χ0n) is 20.7. The summed E-state index contributed by atoms with van der Waals surface area (Å²) in [7, 11) is 3.60. The minimum absolute atomic E-state index is 0.119. The number of nitrogens with zero attached hydrogens (tertiary/aromatic N) is 4. The molecule has 0 radical (unpaired) electrons. The van der Waals surface area contributed by atoms with Crippen molar-refractivity contribution in [3.05, 3.63) is 40.4 Å². The fourth-order valence-corrected chi connectivity index (χ4v) is 6.26. The number of thiophene rings is 1. The number of hydrogen-bond acceptors (Lipinski definition) is 6. The van der Waals surface area contributed by atoms with Crippen molar-refractivity contribution < 1.29 is 14.3 Å². The van der Waals surface area contributed by atoms with Crippen molar-refractivity contribution in [2.75, 3.05) is 45.7 Å². The Balaban J connectivity index is 1.42. The molecule has 2 aliphatic rings. The lowest BCUT2D eigenvalue weighted by Gasteiger charge is -2.33. The molecule has 1 N–H and O–H groups in total. The Morgan fingerprint density at radius 1 is 1.11 bits per heavy atom. The van der Waals surface area contributed by atoms with Gasteiger partial charge < -0.3 is 19.9 Å². The van der Waals surface area contributed by atoms with Crippen molar-refractivity contribution in [1.29, 1.82) is 0 Å². The van der Waals surface area contributed by atoms with Crippen molar-refractivity contribution in [3.8, 4) is 5.75 Å². The molecule has 186 valence electrons. The Morgan fingerprint density at radius 3 is 2.57 bits per heavy atom. The van der Waals surface area contributed by atoms with Crippen LogP contribution >= 0.6 is 11.3 Å². The van der Waals surface area contributed by atoms with Crippen molar-refractivity contribution in [1.82, 2.24) is 19.6 Å². The Hall–Kier alpha value is -2.91. The highest BCUT2D eigenvalue weighted by molar-refractivity contribution is 7.20. The topological polar surface area (TPSA) is 79.7 Å². The summed E-state index contributed by atoms with van der Waals surface area (Å²) >= 11 is 1.47. The van der Waals surface area contributed by atoms with Gasteiger partial charge in [-0.15, -0.1) is 11.3 Å². The molecule has 35 heavy (non-hydrogen) atoms. The van der Waals surface area contributed by atoms with E-state index in [2.05, 4.69) is 21.9 Å². The average molecular weight is 496 g/mol. The summed E-state index contributed by atoms with van der Waals surface area (Å²) < 4.78 is 7.66. The third kappa shape index (κ3) is 4.67. The van der Waals surface area contributed by atoms with Gasteiger partial charge in [-0.05, 0) is 45.0 Å². The number of piperazine rings is 1. The molecule has 8 nitrogen and oxygen atoms in total. The first-order valence-corrected chi connectivity index (χ1v) is 13.2. The van der Waals surface area contributed by atoms with E-state index in [1.807, 2.05) is 17.9 Å². The average Bonchev–Trinajstić information content (AvgIpc) is 3.45. The first-order chi connectivity index (χ1) is 17.0. The summed E-state index contributed by atoms with van der Waals surface area (Å²) in [6, 6.07) is 7.66. The van der Waals surface area contributed by atoms with Gasteiger partial charge in [0, 0.05) is 31.6 Å². The number of amides is 2. The lowest BCUT2D eigenvalue weighted by molar-refractivity contribution is 0.0662. The highest BCUT2D eigenvalue weighted by atomic mass is 32.1. The van der Waals surface area contributed by atoms with Crippen LogP contribution in [0.4, 0.5) is 5.69 Å². The number of carbonyl (C=O) groups excluding carboxylic acids is 2. The van der Waals surface area contributed by atoms with Gasteiger partial charge in [-0.3, -0.25) is 14.3 Å². The van der Waals surface area contributed by atoms with E-state index in [1.165, 1.54) is 30.6 Å². The Labute approximate surface area is 209 Å². The summed E-state index contributed by atoms with van der Waals surface area (Å²) in [4.78, 5) is 32.5. The summed E-state index contributed by atoms with van der Waals surface area (Å²) in [6.07, 6.45) is 6.01. The number of anilines is 1. The van der Waals surface area contributed by atoms with E-state index in [4.69, 9.17) is 9.84 Å². The van der Waals surface area contributed by atoms with Crippen molar-refractivity contribution >= 4 is 39.1 Å². The summed E-state index contributed by atoms with van der Waals surface area (Å²) in [5, 5.41) is 8.84. The number of nitrogens with one attached hydrogen (secondary N) is 1. The van der Waals surface area contributed by atoms with Gasteiger partial charge in [-0.25, -0.2) is 0 Å². The normalized spacial score (nSPS) is 17.6. The molecule has 3 aromatic rings. The second kappa shape index (κ2) is 9.99. The molecule has 2 aromatic heterocycles. The van der Waals surface area contributed by atoms with E-state index in [9.17, 15) is 9.59 Å². The minimum Gasteiger partial charge on any atom is -0.496 e. The van der Waals surface area contributed by atoms with Gasteiger partial charge in [0.05, 0.1) is 29.4 Å². The van der Waals surface area contributed by atoms with Crippen LogP contribution in [0, 0.1) is 6.92 Å². The Morgan fingerprint density at radius 2 is 1.86 bits per heavy atom. The highest BCUT2D eigenvalue weighted by Gasteiger charge is 2.27. The van der Waals surface area contributed by atoms with Crippen LogP contribution in [-0.2, 0) is 0 Å². The molecular formula is C26H33N5O3S. The SMILES string of the molecule is COc1cccc(NC(=O)c2cc3c(C)nn(C4CCCCC4)c3s2)c1C(=O)N1CCN(C)CC1. The quantitative estimate of drug-likeness (QED) is 0.561. The number of carbonyl (C=O) groups is 2. The number of ether oxygens (including phenoxy) is 1. The fraction of sp³-hybridized carbons (Fsp3) is 0.500. The van der Waals surface area contributed by atoms with E-state index in [0.29, 0.717) is 41.0 Å². The lowest BCUT2D eigenvalue weighted by Crippen LogP contribution is -2.47. The van der Waals surface area contributed by atoms with Crippen LogP contribution in [0.25, 0.3) is 10.2 Å². The van der Waals surface area contributed by atoms with Gasteiger partial charge in [0.1, 0.15) is 16.1 Å². The second-order valence-electron chi connectivity index (χ2n) is 9.58. The highest BCUT2D eigenvalue weighted by Crippen LogP contribution is 2.36. The van der Waals surface area contributed by atoms with Gasteiger partial charge in [0.15, 0.2) is 0 Å². The predicted molar refractivity (Wildman–Crippen MR) is 139 cm³/mol. The van der Waals surface area contributed by atoms with Crippen molar-refractivity contribution in [2.45, 2.75) is 45.1 Å². The number of hydrogen-bond donors (Lipinski definition) is 1. The van der Waals surface area contributed by atoms with E-state index in [0.717, 1.165) is 41.8 Å². The van der Waals surface area contributed by atoms with Gasteiger partial charge in [0.2, 0.25) is 0 Å². The van der Waals surface area contributed by atoms with Gasteiger partial charge >= 0.3 is 0 Å². The summed E-state index contributed by atoms with van der Waals surface area (Å²) in [5.74, 6) is 0.124. The molecule has 2 amide bonds. The molecule has 1 saturated carbocycles. The number of likely N-dealkylation sites (N-methyl/N-ethyl adjacent to an activating group) is 1. The first kappa shape index (κ1) is 23.8. The summed E-state index contributed by atoms with van der Waals surface area (Å²) in [6.45, 7) is 4.94. The third-order valence-electron chi connectivity index (χ3n) is 7.21. The monoisotopic (exact) mass is 495 g/mol. The maximum Gasteiger partial charge on any atom is 0.265 e. The maximum atomic E-state index is 13.5. The molecule has 2 fully saturated rings. The smallest absolute Gasteiger partial charge is 0.265 e. The minimum atomic E-state index is -0.221. The number of benzene rings is 1. The Bertz CT molecular complexity index is 1240. The van der Waals surface area contributed by atoms with Crippen LogP contribution in [0.5, 0.6) is 5.75 Å². The number of aromatic nitrogens is 2. The van der Waals surface area contributed by atoms with Crippen LogP contribution in [-0.4, -0.2) is 71.7 Å². The first-order valence-electron chi connectivity index (χ1n) is 12.4. The number of fused-ring (bicyclic) bond motifs is 1. The lowest BCUT2D eigenvalue weighted by atomic mass is 9.96. The molecule has 1 aromatic carbocycles. The molecule has 1 aliphatic carbocycles. The van der Waals surface area contributed by atoms with Gasteiger partial charge in [0.25, 0.3) is 11.8 Å². The van der Waals surface area contributed by atoms with Crippen LogP contribution in [0.1, 0.15) is 63.9 Å². The largest absolute Gasteiger partial charge is 0.496 e. The van der Waals surface area contributed by atoms with Crippen LogP contribution < -0.4 is 10.1 Å². The van der Waals surface area contributed by atoms with Crippen molar-refractivity contribution in [3.63, 3.8) is 0 Å². The predicted octanol–water partition coefficient (Wildman–Crippen LogP) is 4.56. The van der Waals surface area contributed by atoms with E-state index in [-0.39, 0.29) is 11.8 Å². The van der Waals surface area contributed by atoms with Gasteiger partial charge in [-0.2, -0.15) is 5.10 Å². The molecule has 1 saturated heterocycles. The standard InChI is InChI=1S/C26H33N5O3S/c1-17-19-16-22(35-26(19)31(28-17)18-8-5-4-6-9-18)24(32)27-20-10-7-11-21(34-3)23(20)25(33)30-14-12-29(2)13-15-30/h7,10-11,16,18H,4-6,8-9,12-15H2,1-3H3,(H,27,32). The van der Waals surface area contributed by atoms with Crippen LogP contribution in [0.15, 0.2) is 24.3 Å².